The Labute approximate surface area is 246 Å². The summed E-state index contributed by atoms with van der Waals surface area (Å²) in [6, 6.07) is 31.1. The molecule has 208 valence electrons. The Balaban J connectivity index is 1.67. The van der Waals surface area contributed by atoms with E-state index in [1.807, 2.05) is 36.4 Å². The number of rotatable bonds is 9. The number of carbonyl (C=O) groups is 1. The van der Waals surface area contributed by atoms with Gasteiger partial charge in [0.2, 0.25) is 0 Å². The van der Waals surface area contributed by atoms with E-state index in [0.29, 0.717) is 12.8 Å². The number of thioether (sulfide) groups is 1. The van der Waals surface area contributed by atoms with Crippen LogP contribution in [0.5, 0.6) is 0 Å². The van der Waals surface area contributed by atoms with Gasteiger partial charge in [0, 0.05) is 34.7 Å². The van der Waals surface area contributed by atoms with Crippen LogP contribution in [0.25, 0.3) is 44.3 Å². The maximum Gasteiger partial charge on any atom is 0.150 e. The fraction of sp³-hybridized carbons (Fsp3) is 0.200. The maximum absolute atomic E-state index is 12.2. The first-order valence-electron chi connectivity index (χ1n) is 13.6. The van der Waals surface area contributed by atoms with Crippen molar-refractivity contribution < 1.29 is 13.2 Å². The Morgan fingerprint density at radius 2 is 1.56 bits per heavy atom. The minimum absolute atomic E-state index is 0.121. The van der Waals surface area contributed by atoms with Gasteiger partial charge >= 0.3 is 0 Å². The topological polar surface area (TPSA) is 64.1 Å². The Morgan fingerprint density at radius 3 is 2.24 bits per heavy atom. The third-order valence-corrected chi connectivity index (χ3v) is 9.84. The fourth-order valence-electron chi connectivity index (χ4n) is 5.28. The third-order valence-electron chi connectivity index (χ3n) is 7.47. The lowest BCUT2D eigenvalue weighted by atomic mass is 9.87. The predicted octanol–water partition coefficient (Wildman–Crippen LogP) is 8.06. The van der Waals surface area contributed by atoms with Gasteiger partial charge in [0.1, 0.15) is 15.6 Å². The van der Waals surface area contributed by atoms with Crippen LogP contribution in [0.15, 0.2) is 102 Å². The van der Waals surface area contributed by atoms with Gasteiger partial charge in [0.15, 0.2) is 0 Å². The molecule has 4 aromatic carbocycles. The molecular weight excluding hydrogens is 547 g/mol. The molecule has 1 aromatic heterocycles. The van der Waals surface area contributed by atoms with E-state index in [0.717, 1.165) is 55.4 Å². The predicted molar refractivity (Wildman–Crippen MR) is 172 cm³/mol. The number of benzene rings is 4. The summed E-state index contributed by atoms with van der Waals surface area (Å²) in [4.78, 5) is 18.1. The molecule has 0 N–H and O–H groups in total. The van der Waals surface area contributed by atoms with E-state index in [9.17, 15) is 13.2 Å². The summed E-state index contributed by atoms with van der Waals surface area (Å²) in [6.45, 7) is 3.38. The molecule has 5 rings (SSSR count). The van der Waals surface area contributed by atoms with Gasteiger partial charge in [0.05, 0.1) is 10.8 Å². The van der Waals surface area contributed by atoms with E-state index in [4.69, 9.17) is 4.98 Å². The smallest absolute Gasteiger partial charge is 0.150 e. The standard InChI is InChI=1S/C35H33NO3S2/c1-23(37)18-29-10-6-12-32(34(29)26-13-15-31(40-3)16-14-26)27-8-5-9-28(22-27)33-21-25(19-24(2)41(4,38)39)20-30-11-7-17-36-35(30)33/h5-17,20-22,24H,18-19H2,1-4H3. The number of fused-ring (bicyclic) bond motifs is 1. The zero-order valence-corrected chi connectivity index (χ0v) is 25.4. The summed E-state index contributed by atoms with van der Waals surface area (Å²) in [7, 11) is -3.16. The largest absolute Gasteiger partial charge is 0.300 e. The van der Waals surface area contributed by atoms with E-state index in [-0.39, 0.29) is 5.78 Å². The number of sulfone groups is 1. The van der Waals surface area contributed by atoms with Gasteiger partial charge in [-0.2, -0.15) is 0 Å². The number of ketones is 1. The van der Waals surface area contributed by atoms with E-state index in [2.05, 4.69) is 60.9 Å². The zero-order chi connectivity index (χ0) is 29.1. The van der Waals surface area contributed by atoms with E-state index in [1.165, 1.54) is 11.2 Å². The van der Waals surface area contributed by atoms with Crippen LogP contribution in [0.2, 0.25) is 0 Å². The molecule has 0 saturated carbocycles. The van der Waals surface area contributed by atoms with Crippen LogP contribution in [0.3, 0.4) is 0 Å². The number of aromatic nitrogens is 1. The van der Waals surface area contributed by atoms with Gasteiger partial charge in [-0.3, -0.25) is 9.78 Å². The molecule has 0 radical (unpaired) electrons. The fourth-order valence-corrected chi connectivity index (χ4v) is 6.19. The van der Waals surface area contributed by atoms with Crippen LogP contribution >= 0.6 is 11.8 Å². The first-order chi connectivity index (χ1) is 19.6. The highest BCUT2D eigenvalue weighted by molar-refractivity contribution is 7.98. The Morgan fingerprint density at radius 1 is 0.854 bits per heavy atom. The van der Waals surface area contributed by atoms with Gasteiger partial charge in [-0.15, -0.1) is 11.8 Å². The summed E-state index contributed by atoms with van der Waals surface area (Å²) >= 11 is 1.70. The Hall–Kier alpha value is -3.74. The lowest BCUT2D eigenvalue weighted by Crippen LogP contribution is -2.18. The highest BCUT2D eigenvalue weighted by Gasteiger charge is 2.18. The SMILES string of the molecule is CSc1ccc(-c2c(CC(C)=O)cccc2-c2cccc(-c3cc(CC(C)S(C)(=O)=O)cc4cccnc34)c2)cc1. The highest BCUT2D eigenvalue weighted by atomic mass is 32.2. The van der Waals surface area contributed by atoms with Crippen molar-refractivity contribution in [1.82, 2.24) is 4.98 Å². The molecule has 0 bridgehead atoms. The summed E-state index contributed by atoms with van der Waals surface area (Å²) in [6.07, 6.45) is 5.93. The third kappa shape index (κ3) is 6.45. The Kier molecular flexibility index (Phi) is 8.43. The van der Waals surface area contributed by atoms with Crippen LogP contribution in [0.1, 0.15) is 25.0 Å². The molecule has 1 heterocycles. The summed E-state index contributed by atoms with van der Waals surface area (Å²) in [5.41, 5.74) is 9.03. The normalized spacial score (nSPS) is 12.4. The van der Waals surface area contributed by atoms with Crippen LogP contribution < -0.4 is 0 Å². The second-order valence-electron chi connectivity index (χ2n) is 10.6. The number of pyridine rings is 1. The van der Waals surface area contributed by atoms with Gasteiger partial charge in [-0.05, 0) is 102 Å². The summed E-state index contributed by atoms with van der Waals surface area (Å²) < 4.78 is 24.4. The van der Waals surface area contributed by atoms with Crippen LogP contribution in [-0.4, -0.2) is 36.9 Å². The first kappa shape index (κ1) is 28.8. The lowest BCUT2D eigenvalue weighted by molar-refractivity contribution is -0.116. The van der Waals surface area contributed by atoms with Crippen molar-refractivity contribution in [2.24, 2.45) is 0 Å². The minimum atomic E-state index is -3.16. The van der Waals surface area contributed by atoms with Crippen molar-refractivity contribution in [1.29, 1.82) is 0 Å². The number of carbonyl (C=O) groups excluding carboxylic acids is 1. The average molecular weight is 580 g/mol. The van der Waals surface area contributed by atoms with Crippen molar-refractivity contribution in [3.05, 3.63) is 108 Å². The number of Topliss-reactive ketones (excluding diaryl/α,β-unsaturated/α-hetero) is 1. The van der Waals surface area contributed by atoms with E-state index < -0.39 is 15.1 Å². The molecule has 5 aromatic rings. The van der Waals surface area contributed by atoms with Crippen molar-refractivity contribution in [3.8, 4) is 33.4 Å². The van der Waals surface area contributed by atoms with Crippen molar-refractivity contribution in [3.63, 3.8) is 0 Å². The average Bonchev–Trinajstić information content (AvgIpc) is 2.96. The molecule has 6 heteroatoms. The quantitative estimate of drug-likeness (QED) is 0.165. The first-order valence-corrected chi connectivity index (χ1v) is 16.7. The van der Waals surface area contributed by atoms with E-state index >= 15 is 0 Å². The molecule has 0 spiro atoms. The summed E-state index contributed by atoms with van der Waals surface area (Å²) in [5, 5.41) is 0.490. The molecule has 0 amide bonds. The number of hydrogen-bond acceptors (Lipinski definition) is 5. The molecule has 0 aliphatic heterocycles. The van der Waals surface area contributed by atoms with Crippen LogP contribution in [0, 0.1) is 0 Å². The Bertz CT molecular complexity index is 1840. The molecule has 0 saturated heterocycles. The second-order valence-corrected chi connectivity index (χ2v) is 13.9. The number of nitrogens with zero attached hydrogens (tertiary/aromatic N) is 1. The van der Waals surface area contributed by atoms with Gasteiger partial charge in [-0.1, -0.05) is 54.6 Å². The molecule has 0 fully saturated rings. The molecule has 1 atom stereocenters. The molecule has 1 unspecified atom stereocenters. The van der Waals surface area contributed by atoms with Crippen molar-refractivity contribution >= 4 is 38.3 Å². The molecule has 0 aliphatic carbocycles. The lowest BCUT2D eigenvalue weighted by Gasteiger charge is -2.17. The van der Waals surface area contributed by atoms with Crippen molar-refractivity contribution in [2.45, 2.75) is 36.8 Å². The van der Waals surface area contributed by atoms with Gasteiger partial charge in [-0.25, -0.2) is 8.42 Å². The van der Waals surface area contributed by atoms with Crippen molar-refractivity contribution in [2.75, 3.05) is 12.5 Å². The minimum Gasteiger partial charge on any atom is -0.300 e. The molecule has 41 heavy (non-hydrogen) atoms. The second kappa shape index (κ2) is 12.0. The zero-order valence-electron chi connectivity index (χ0n) is 23.7. The van der Waals surface area contributed by atoms with Crippen LogP contribution in [0.4, 0.5) is 0 Å². The molecular formula is C35H33NO3S2. The number of hydrogen-bond donors (Lipinski definition) is 0. The highest BCUT2D eigenvalue weighted by Crippen LogP contribution is 2.38. The molecule has 0 aliphatic rings. The van der Waals surface area contributed by atoms with Crippen LogP contribution in [-0.2, 0) is 27.5 Å². The van der Waals surface area contributed by atoms with Gasteiger partial charge < -0.3 is 0 Å². The van der Waals surface area contributed by atoms with Gasteiger partial charge in [0.25, 0.3) is 0 Å². The summed E-state index contributed by atoms with van der Waals surface area (Å²) in [5.74, 6) is 0.121. The van der Waals surface area contributed by atoms with E-state index in [1.54, 1.807) is 31.8 Å². The monoisotopic (exact) mass is 579 g/mol. The maximum atomic E-state index is 12.2. The molecule has 4 nitrogen and oxygen atoms in total.